The molecule has 1 N–H and O–H groups in total. The summed E-state index contributed by atoms with van der Waals surface area (Å²) in [6.07, 6.45) is 5.47. The lowest BCUT2D eigenvalue weighted by Crippen LogP contribution is -2.54. The molecule has 28 heavy (non-hydrogen) atoms. The maximum Gasteiger partial charge on any atom is 0.321 e. The van der Waals surface area contributed by atoms with Crippen molar-refractivity contribution >= 4 is 17.6 Å². The van der Waals surface area contributed by atoms with E-state index in [1.165, 1.54) is 6.07 Å². The maximum atomic E-state index is 13.8. The molecule has 0 aromatic heterocycles. The summed E-state index contributed by atoms with van der Waals surface area (Å²) >= 11 is 0. The maximum absolute atomic E-state index is 13.8. The lowest BCUT2D eigenvalue weighted by Gasteiger charge is -2.47. The van der Waals surface area contributed by atoms with E-state index in [4.69, 9.17) is 4.74 Å². The first-order valence-corrected chi connectivity index (χ1v) is 10.2. The van der Waals surface area contributed by atoms with Gasteiger partial charge in [0.25, 0.3) is 0 Å². The minimum Gasteiger partial charge on any atom is -0.376 e. The SMILES string of the molecule is O=C1CCC2(CCN(C(=O)Nc3ccccc3F)CC2)CN1CC1CCCO1. The van der Waals surface area contributed by atoms with E-state index in [9.17, 15) is 14.0 Å². The van der Waals surface area contributed by atoms with Gasteiger partial charge in [-0.25, -0.2) is 9.18 Å². The molecule has 1 spiro atoms. The van der Waals surface area contributed by atoms with Gasteiger partial charge < -0.3 is 19.9 Å². The average molecular weight is 389 g/mol. The fraction of sp³-hybridized carbons (Fsp3) is 0.619. The molecular weight excluding hydrogens is 361 g/mol. The third kappa shape index (κ3) is 4.14. The molecule has 1 aromatic rings. The fourth-order valence-electron chi connectivity index (χ4n) is 4.65. The van der Waals surface area contributed by atoms with Gasteiger partial charge in [0.15, 0.2) is 0 Å². The first-order valence-electron chi connectivity index (χ1n) is 10.2. The number of para-hydroxylation sites is 1. The number of urea groups is 1. The summed E-state index contributed by atoms with van der Waals surface area (Å²) in [5, 5.41) is 2.67. The highest BCUT2D eigenvalue weighted by Gasteiger charge is 2.42. The monoisotopic (exact) mass is 389 g/mol. The molecule has 6 nitrogen and oxygen atoms in total. The van der Waals surface area contributed by atoms with Crippen molar-refractivity contribution in [2.24, 2.45) is 5.41 Å². The number of amides is 3. The molecule has 3 heterocycles. The second kappa shape index (κ2) is 8.07. The molecule has 3 fully saturated rings. The zero-order valence-electron chi connectivity index (χ0n) is 16.2. The average Bonchev–Trinajstić information content (AvgIpc) is 3.20. The van der Waals surface area contributed by atoms with Crippen LogP contribution in [0.5, 0.6) is 0 Å². The Bertz CT molecular complexity index is 727. The summed E-state index contributed by atoms with van der Waals surface area (Å²) in [5.74, 6) is -0.208. The number of nitrogens with zero attached hydrogens (tertiary/aromatic N) is 2. The van der Waals surface area contributed by atoms with Crippen LogP contribution < -0.4 is 5.32 Å². The molecule has 4 rings (SSSR count). The molecule has 7 heteroatoms. The molecule has 152 valence electrons. The van der Waals surface area contributed by atoms with E-state index in [-0.39, 0.29) is 29.1 Å². The van der Waals surface area contributed by atoms with Crippen LogP contribution in [0.2, 0.25) is 0 Å². The van der Waals surface area contributed by atoms with Crippen molar-refractivity contribution in [3.05, 3.63) is 30.1 Å². The minimum atomic E-state index is -0.431. The van der Waals surface area contributed by atoms with Crippen LogP contribution in [0.3, 0.4) is 0 Å². The molecular formula is C21H28FN3O3. The number of halogens is 1. The van der Waals surface area contributed by atoms with Crippen LogP contribution in [0, 0.1) is 11.2 Å². The summed E-state index contributed by atoms with van der Waals surface area (Å²) in [4.78, 5) is 28.6. The number of anilines is 1. The second-order valence-electron chi connectivity index (χ2n) is 8.31. The Kier molecular flexibility index (Phi) is 5.53. The molecule has 0 bridgehead atoms. The van der Waals surface area contributed by atoms with E-state index >= 15 is 0 Å². The number of piperidine rings is 2. The standard InChI is InChI=1S/C21H28FN3O3/c22-17-5-1-2-6-18(17)23-20(27)24-11-9-21(10-12-24)8-7-19(26)25(15-21)14-16-4-3-13-28-16/h1-2,5-6,16H,3-4,7-15H2,(H,23,27). The number of carbonyl (C=O) groups is 2. The van der Waals surface area contributed by atoms with Crippen LogP contribution in [-0.4, -0.2) is 60.6 Å². The van der Waals surface area contributed by atoms with Crippen LogP contribution in [0.15, 0.2) is 24.3 Å². The zero-order chi connectivity index (χ0) is 19.6. The van der Waals surface area contributed by atoms with Gasteiger partial charge in [0.05, 0.1) is 11.8 Å². The lowest BCUT2D eigenvalue weighted by atomic mass is 9.72. The third-order valence-electron chi connectivity index (χ3n) is 6.42. The Labute approximate surface area is 165 Å². The summed E-state index contributed by atoms with van der Waals surface area (Å²) in [6, 6.07) is 5.94. The van der Waals surface area contributed by atoms with E-state index in [1.54, 1.807) is 23.1 Å². The van der Waals surface area contributed by atoms with Crippen molar-refractivity contribution in [2.45, 2.75) is 44.6 Å². The Balaban J connectivity index is 1.33. The molecule has 1 aromatic carbocycles. The molecule has 3 saturated heterocycles. The molecule has 3 aliphatic heterocycles. The number of nitrogens with one attached hydrogen (secondary N) is 1. The van der Waals surface area contributed by atoms with Gasteiger partial charge in [0.1, 0.15) is 5.82 Å². The topological polar surface area (TPSA) is 61.9 Å². The highest BCUT2D eigenvalue weighted by Crippen LogP contribution is 2.40. The number of hydrogen-bond acceptors (Lipinski definition) is 3. The van der Waals surface area contributed by atoms with Crippen molar-refractivity contribution in [3.8, 4) is 0 Å². The molecule has 3 amide bonds. The van der Waals surface area contributed by atoms with Crippen molar-refractivity contribution < 1.29 is 18.7 Å². The zero-order valence-corrected chi connectivity index (χ0v) is 16.2. The van der Waals surface area contributed by atoms with Crippen LogP contribution in [0.25, 0.3) is 0 Å². The first-order chi connectivity index (χ1) is 13.5. The summed E-state index contributed by atoms with van der Waals surface area (Å²) < 4.78 is 19.5. The number of hydrogen-bond donors (Lipinski definition) is 1. The van der Waals surface area contributed by atoms with Gasteiger partial charge in [0.2, 0.25) is 5.91 Å². The van der Waals surface area contributed by atoms with E-state index in [0.29, 0.717) is 26.1 Å². The minimum absolute atomic E-state index is 0.0846. The van der Waals surface area contributed by atoms with E-state index in [1.807, 2.05) is 4.90 Å². The van der Waals surface area contributed by atoms with Crippen molar-refractivity contribution in [1.82, 2.24) is 9.80 Å². The van der Waals surface area contributed by atoms with Gasteiger partial charge in [-0.15, -0.1) is 0 Å². The summed E-state index contributed by atoms with van der Waals surface area (Å²) in [6.45, 7) is 3.50. The molecule has 0 radical (unpaired) electrons. The molecule has 1 atom stereocenters. The quantitative estimate of drug-likeness (QED) is 0.863. The van der Waals surface area contributed by atoms with Gasteiger partial charge in [0, 0.05) is 39.2 Å². The normalized spacial score (nSPS) is 24.6. The summed E-state index contributed by atoms with van der Waals surface area (Å²) in [7, 11) is 0. The smallest absolute Gasteiger partial charge is 0.321 e. The second-order valence-corrected chi connectivity index (χ2v) is 8.31. The first kappa shape index (κ1) is 19.2. The van der Waals surface area contributed by atoms with Gasteiger partial charge in [-0.3, -0.25) is 4.79 Å². The predicted molar refractivity (Wildman–Crippen MR) is 103 cm³/mol. The predicted octanol–water partition coefficient (Wildman–Crippen LogP) is 3.24. The Morgan fingerprint density at radius 2 is 2.04 bits per heavy atom. The van der Waals surface area contributed by atoms with Gasteiger partial charge >= 0.3 is 6.03 Å². The Morgan fingerprint density at radius 1 is 1.25 bits per heavy atom. The molecule has 3 aliphatic rings. The number of rotatable bonds is 3. The number of ether oxygens (including phenoxy) is 1. The van der Waals surface area contributed by atoms with Crippen LogP contribution in [0.4, 0.5) is 14.9 Å². The molecule has 0 aliphatic carbocycles. The van der Waals surface area contributed by atoms with Crippen molar-refractivity contribution in [3.63, 3.8) is 0 Å². The lowest BCUT2D eigenvalue weighted by molar-refractivity contribution is -0.140. The fourth-order valence-corrected chi connectivity index (χ4v) is 4.65. The molecule has 1 unspecified atom stereocenters. The molecule has 0 saturated carbocycles. The van der Waals surface area contributed by atoms with Gasteiger partial charge in [-0.1, -0.05) is 12.1 Å². The van der Waals surface area contributed by atoms with E-state index in [2.05, 4.69) is 5.32 Å². The van der Waals surface area contributed by atoms with Crippen molar-refractivity contribution in [2.75, 3.05) is 38.1 Å². The van der Waals surface area contributed by atoms with Gasteiger partial charge in [-0.05, 0) is 49.7 Å². The van der Waals surface area contributed by atoms with Crippen LogP contribution >= 0.6 is 0 Å². The van der Waals surface area contributed by atoms with Gasteiger partial charge in [-0.2, -0.15) is 0 Å². The van der Waals surface area contributed by atoms with Crippen molar-refractivity contribution in [1.29, 1.82) is 0 Å². The largest absolute Gasteiger partial charge is 0.376 e. The highest BCUT2D eigenvalue weighted by molar-refractivity contribution is 5.89. The highest BCUT2D eigenvalue weighted by atomic mass is 19.1. The third-order valence-corrected chi connectivity index (χ3v) is 6.42. The number of benzene rings is 1. The van der Waals surface area contributed by atoms with Crippen LogP contribution in [-0.2, 0) is 9.53 Å². The van der Waals surface area contributed by atoms with Crippen LogP contribution in [0.1, 0.15) is 38.5 Å². The summed E-state index contributed by atoms with van der Waals surface area (Å²) in [5.41, 5.74) is 0.292. The van der Waals surface area contributed by atoms with E-state index in [0.717, 1.165) is 45.3 Å². The number of carbonyl (C=O) groups excluding carboxylic acids is 2. The number of likely N-dealkylation sites (tertiary alicyclic amines) is 2. The Morgan fingerprint density at radius 3 is 2.75 bits per heavy atom. The Hall–Kier alpha value is -2.15. The van der Waals surface area contributed by atoms with E-state index < -0.39 is 5.82 Å².